The first kappa shape index (κ1) is 19.7. The van der Waals surface area contributed by atoms with Gasteiger partial charge < -0.3 is 9.47 Å². The van der Waals surface area contributed by atoms with Gasteiger partial charge in [-0.25, -0.2) is 4.79 Å². The molecule has 1 N–H and O–H groups in total. The van der Waals surface area contributed by atoms with E-state index in [1.807, 2.05) is 22.6 Å². The number of esters is 1. The molecular formula is C18H11ClINO5S. The summed E-state index contributed by atoms with van der Waals surface area (Å²) in [5.74, 6) is -0.449. The summed E-state index contributed by atoms with van der Waals surface area (Å²) < 4.78 is 11.4. The molecule has 1 aliphatic heterocycles. The van der Waals surface area contributed by atoms with Crippen LogP contribution >= 0.6 is 46.0 Å². The van der Waals surface area contributed by atoms with Gasteiger partial charge in [0.05, 0.1) is 21.1 Å². The van der Waals surface area contributed by atoms with Gasteiger partial charge in [-0.05, 0) is 76.3 Å². The van der Waals surface area contributed by atoms with Gasteiger partial charge in [0, 0.05) is 5.02 Å². The van der Waals surface area contributed by atoms with Crippen molar-refractivity contribution in [1.29, 1.82) is 0 Å². The van der Waals surface area contributed by atoms with Crippen LogP contribution < -0.4 is 14.8 Å². The van der Waals surface area contributed by atoms with Crippen molar-refractivity contribution in [2.75, 3.05) is 7.11 Å². The van der Waals surface area contributed by atoms with Crippen LogP contribution in [0.3, 0.4) is 0 Å². The maximum Gasteiger partial charge on any atom is 0.343 e. The highest BCUT2D eigenvalue weighted by Crippen LogP contribution is 2.36. The first-order valence-electron chi connectivity index (χ1n) is 7.47. The van der Waals surface area contributed by atoms with Crippen LogP contribution in [0.25, 0.3) is 6.08 Å². The predicted octanol–water partition coefficient (Wildman–Crippen LogP) is 4.50. The highest BCUT2D eigenvalue weighted by Gasteiger charge is 2.25. The molecule has 1 aliphatic rings. The van der Waals surface area contributed by atoms with Crippen LogP contribution in [0.5, 0.6) is 11.5 Å². The average Bonchev–Trinajstić information content (AvgIpc) is 2.93. The molecule has 0 radical (unpaired) electrons. The Balaban J connectivity index is 1.91. The Hall–Kier alpha value is -2.04. The molecule has 2 aromatic carbocycles. The third-order valence-corrected chi connectivity index (χ3v) is 5.29. The van der Waals surface area contributed by atoms with Crippen LogP contribution in [0.2, 0.25) is 5.02 Å². The second-order valence-electron chi connectivity index (χ2n) is 5.29. The molecule has 0 saturated carbocycles. The molecule has 1 heterocycles. The number of hydrogen-bond donors (Lipinski definition) is 1. The number of ether oxygens (including phenoxy) is 2. The van der Waals surface area contributed by atoms with Crippen LogP contribution in [-0.4, -0.2) is 24.2 Å². The monoisotopic (exact) mass is 515 g/mol. The molecule has 1 fully saturated rings. The molecular weight excluding hydrogens is 505 g/mol. The summed E-state index contributed by atoms with van der Waals surface area (Å²) in [6, 6.07) is 9.75. The van der Waals surface area contributed by atoms with E-state index in [2.05, 4.69) is 5.32 Å². The number of imide groups is 1. The molecule has 0 unspecified atom stereocenters. The maximum absolute atomic E-state index is 12.4. The molecule has 6 nitrogen and oxygen atoms in total. The van der Waals surface area contributed by atoms with Crippen molar-refractivity contribution in [3.8, 4) is 11.5 Å². The topological polar surface area (TPSA) is 81.7 Å². The molecule has 3 rings (SSSR count). The van der Waals surface area contributed by atoms with Gasteiger partial charge in [-0.2, -0.15) is 0 Å². The summed E-state index contributed by atoms with van der Waals surface area (Å²) in [4.78, 5) is 35.6. The zero-order valence-electron chi connectivity index (χ0n) is 13.7. The minimum absolute atomic E-state index is 0.254. The minimum atomic E-state index is -0.573. The summed E-state index contributed by atoms with van der Waals surface area (Å²) in [5, 5.41) is 2.20. The lowest BCUT2D eigenvalue weighted by Crippen LogP contribution is -2.17. The van der Waals surface area contributed by atoms with Gasteiger partial charge in [0.15, 0.2) is 11.5 Å². The van der Waals surface area contributed by atoms with Crippen LogP contribution in [0.4, 0.5) is 4.79 Å². The van der Waals surface area contributed by atoms with Gasteiger partial charge in [-0.1, -0.05) is 17.7 Å². The summed E-state index contributed by atoms with van der Waals surface area (Å²) in [6.45, 7) is 0. The standard InChI is InChI=1S/C18H11ClINO5S/c1-25-13-6-9(7-14-16(22)21-18(24)27-14)5-12(20)15(13)26-17(23)10-3-2-4-11(19)8-10/h2-8H,1H3,(H,21,22,24)/b14-7-. The number of carbonyl (C=O) groups excluding carboxylic acids is 3. The molecule has 0 atom stereocenters. The largest absolute Gasteiger partial charge is 0.493 e. The predicted molar refractivity (Wildman–Crippen MR) is 111 cm³/mol. The Kier molecular flexibility index (Phi) is 6.08. The van der Waals surface area contributed by atoms with E-state index >= 15 is 0 Å². The van der Waals surface area contributed by atoms with E-state index in [1.165, 1.54) is 13.2 Å². The zero-order valence-corrected chi connectivity index (χ0v) is 17.5. The number of amides is 2. The zero-order chi connectivity index (χ0) is 19.6. The quantitative estimate of drug-likeness (QED) is 0.280. The van der Waals surface area contributed by atoms with Gasteiger partial charge in [-0.15, -0.1) is 0 Å². The Morgan fingerprint density at radius 1 is 1.26 bits per heavy atom. The third kappa shape index (κ3) is 4.63. The van der Waals surface area contributed by atoms with Crippen molar-refractivity contribution in [2.24, 2.45) is 0 Å². The van der Waals surface area contributed by atoms with E-state index in [1.54, 1.807) is 36.4 Å². The smallest absolute Gasteiger partial charge is 0.343 e. The van der Waals surface area contributed by atoms with Gasteiger partial charge in [0.2, 0.25) is 0 Å². The van der Waals surface area contributed by atoms with E-state index in [9.17, 15) is 14.4 Å². The number of hydrogen-bond acceptors (Lipinski definition) is 6. The first-order valence-corrected chi connectivity index (χ1v) is 9.75. The number of methoxy groups -OCH3 is 1. The van der Waals surface area contributed by atoms with Crippen molar-refractivity contribution in [3.63, 3.8) is 0 Å². The lowest BCUT2D eigenvalue weighted by molar-refractivity contribution is -0.115. The van der Waals surface area contributed by atoms with Crippen molar-refractivity contribution in [1.82, 2.24) is 5.32 Å². The first-order chi connectivity index (χ1) is 12.9. The second kappa shape index (κ2) is 8.32. The van der Waals surface area contributed by atoms with E-state index < -0.39 is 17.1 Å². The van der Waals surface area contributed by atoms with E-state index in [0.29, 0.717) is 25.5 Å². The molecule has 0 spiro atoms. The van der Waals surface area contributed by atoms with Crippen molar-refractivity contribution >= 4 is 69.1 Å². The Morgan fingerprint density at radius 2 is 2.04 bits per heavy atom. The van der Waals surface area contributed by atoms with E-state index in [4.69, 9.17) is 21.1 Å². The Labute approximate surface area is 177 Å². The molecule has 0 aliphatic carbocycles. The van der Waals surface area contributed by atoms with Crippen molar-refractivity contribution < 1.29 is 23.9 Å². The van der Waals surface area contributed by atoms with Crippen molar-refractivity contribution in [2.45, 2.75) is 0 Å². The highest BCUT2D eigenvalue weighted by molar-refractivity contribution is 14.1. The molecule has 9 heteroatoms. The van der Waals surface area contributed by atoms with Gasteiger partial charge in [0.25, 0.3) is 11.1 Å². The van der Waals surface area contributed by atoms with Crippen LogP contribution in [0, 0.1) is 3.57 Å². The van der Waals surface area contributed by atoms with Crippen LogP contribution in [0.15, 0.2) is 41.3 Å². The summed E-state index contributed by atoms with van der Waals surface area (Å²) in [7, 11) is 1.44. The lowest BCUT2D eigenvalue weighted by atomic mass is 10.1. The normalized spacial score (nSPS) is 15.0. The van der Waals surface area contributed by atoms with Crippen LogP contribution in [-0.2, 0) is 4.79 Å². The SMILES string of the molecule is COc1cc(/C=C2\SC(=O)NC2=O)cc(I)c1OC(=O)c1cccc(Cl)c1. The number of nitrogens with one attached hydrogen (secondary N) is 1. The van der Waals surface area contributed by atoms with Crippen LogP contribution in [0.1, 0.15) is 15.9 Å². The second-order valence-corrected chi connectivity index (χ2v) is 7.90. The molecule has 1 saturated heterocycles. The average molecular weight is 516 g/mol. The molecule has 0 bridgehead atoms. The Morgan fingerprint density at radius 3 is 2.67 bits per heavy atom. The van der Waals surface area contributed by atoms with Gasteiger partial charge in [0.1, 0.15) is 0 Å². The number of thioether (sulfide) groups is 1. The minimum Gasteiger partial charge on any atom is -0.493 e. The fraction of sp³-hybridized carbons (Fsp3) is 0.0556. The summed E-state index contributed by atoms with van der Waals surface area (Å²) >= 11 is 8.73. The number of benzene rings is 2. The number of halogens is 2. The molecule has 27 heavy (non-hydrogen) atoms. The van der Waals surface area contributed by atoms with Gasteiger partial charge >= 0.3 is 5.97 Å². The maximum atomic E-state index is 12.4. The fourth-order valence-electron chi connectivity index (χ4n) is 2.26. The lowest BCUT2D eigenvalue weighted by Gasteiger charge is -2.12. The molecule has 138 valence electrons. The fourth-order valence-corrected chi connectivity index (χ4v) is 3.87. The van der Waals surface area contributed by atoms with Crippen molar-refractivity contribution in [3.05, 3.63) is 61.0 Å². The molecule has 0 aromatic heterocycles. The van der Waals surface area contributed by atoms with E-state index in [-0.39, 0.29) is 10.7 Å². The number of carbonyl (C=O) groups is 3. The van der Waals surface area contributed by atoms with E-state index in [0.717, 1.165) is 11.8 Å². The summed E-state index contributed by atoms with van der Waals surface area (Å²) in [5.41, 5.74) is 0.940. The summed E-state index contributed by atoms with van der Waals surface area (Å²) in [6.07, 6.45) is 1.57. The third-order valence-electron chi connectivity index (χ3n) is 3.45. The van der Waals surface area contributed by atoms with Gasteiger partial charge in [-0.3, -0.25) is 14.9 Å². The molecule has 2 aromatic rings. The number of rotatable bonds is 4. The Bertz CT molecular complexity index is 992. The highest BCUT2D eigenvalue weighted by atomic mass is 127. The molecule has 2 amide bonds.